The van der Waals surface area contributed by atoms with Crippen LogP contribution in [0.2, 0.25) is 0 Å². The van der Waals surface area contributed by atoms with E-state index in [0.717, 1.165) is 30.4 Å². The van der Waals surface area contributed by atoms with E-state index in [-0.39, 0.29) is 18.2 Å². The van der Waals surface area contributed by atoms with Crippen molar-refractivity contribution in [3.8, 4) is 0 Å². The second-order valence-corrected chi connectivity index (χ2v) is 12.1. The molecule has 0 bridgehead atoms. The first-order valence-corrected chi connectivity index (χ1v) is 14.7. The number of fused-ring (bicyclic) bond motifs is 1. The molecule has 2 heterocycles. The van der Waals surface area contributed by atoms with Crippen LogP contribution < -0.4 is 10.6 Å². The first-order valence-electron chi connectivity index (χ1n) is 14.7. The van der Waals surface area contributed by atoms with Crippen LogP contribution in [-0.2, 0) is 27.3 Å². The van der Waals surface area contributed by atoms with E-state index in [0.29, 0.717) is 56.3 Å². The van der Waals surface area contributed by atoms with Crippen molar-refractivity contribution in [3.63, 3.8) is 0 Å². The third-order valence-electron chi connectivity index (χ3n) is 7.67. The number of hydrogen-bond donors (Lipinski definition) is 3. The fourth-order valence-electron chi connectivity index (χ4n) is 5.45. The summed E-state index contributed by atoms with van der Waals surface area (Å²) < 4.78 is 5.28. The topological polar surface area (TPSA) is 128 Å². The Morgan fingerprint density at radius 3 is 2.45 bits per heavy atom. The van der Waals surface area contributed by atoms with E-state index in [2.05, 4.69) is 10.6 Å². The molecule has 2 aliphatic heterocycles. The van der Waals surface area contributed by atoms with E-state index in [9.17, 15) is 24.3 Å². The molecule has 42 heavy (non-hydrogen) atoms. The van der Waals surface area contributed by atoms with Crippen LogP contribution in [0.25, 0.3) is 0 Å². The van der Waals surface area contributed by atoms with Gasteiger partial charge >= 0.3 is 12.1 Å². The number of nitrogens with zero attached hydrogens (tertiary/aromatic N) is 2. The molecular formula is C32H42N4O6. The van der Waals surface area contributed by atoms with Gasteiger partial charge in [0.15, 0.2) is 0 Å². The molecule has 0 aliphatic carbocycles. The molecule has 10 heteroatoms. The fraction of sp³-hybridized carbons (Fsp3) is 0.500. The Balaban J connectivity index is 1.36. The summed E-state index contributed by atoms with van der Waals surface area (Å²) in [6.07, 6.45) is 2.40. The van der Waals surface area contributed by atoms with Crippen LogP contribution >= 0.6 is 0 Å². The number of amides is 3. The molecule has 3 amide bonds. The lowest BCUT2D eigenvalue weighted by atomic mass is 9.93. The summed E-state index contributed by atoms with van der Waals surface area (Å²) in [6.45, 7) is 8.05. The number of ether oxygens (including phenoxy) is 1. The van der Waals surface area contributed by atoms with Crippen LogP contribution in [0, 0.1) is 5.92 Å². The summed E-state index contributed by atoms with van der Waals surface area (Å²) >= 11 is 0. The highest BCUT2D eigenvalue weighted by Crippen LogP contribution is 2.28. The second kappa shape index (κ2) is 13.7. The van der Waals surface area contributed by atoms with Crippen LogP contribution in [0.4, 0.5) is 10.5 Å². The fourth-order valence-corrected chi connectivity index (χ4v) is 5.45. The number of nitrogens with one attached hydrogen (secondary N) is 2. The molecular weight excluding hydrogens is 536 g/mol. The first kappa shape index (κ1) is 30.9. The summed E-state index contributed by atoms with van der Waals surface area (Å²) in [5, 5.41) is 15.4. The smallest absolute Gasteiger partial charge is 0.407 e. The van der Waals surface area contributed by atoms with Crippen molar-refractivity contribution in [1.82, 2.24) is 15.1 Å². The Morgan fingerprint density at radius 1 is 1.07 bits per heavy atom. The van der Waals surface area contributed by atoms with Crippen molar-refractivity contribution in [1.29, 1.82) is 0 Å². The number of benzene rings is 2. The van der Waals surface area contributed by atoms with Crippen molar-refractivity contribution >= 4 is 29.6 Å². The van der Waals surface area contributed by atoms with Crippen molar-refractivity contribution in [2.24, 2.45) is 5.92 Å². The lowest BCUT2D eigenvalue weighted by Gasteiger charge is -2.32. The maximum absolute atomic E-state index is 13.4. The summed E-state index contributed by atoms with van der Waals surface area (Å²) in [6, 6.07) is 14.3. The maximum Gasteiger partial charge on any atom is 0.407 e. The Morgan fingerprint density at radius 2 is 1.79 bits per heavy atom. The van der Waals surface area contributed by atoms with Crippen LogP contribution in [-0.4, -0.2) is 76.6 Å². The number of carbonyl (C=O) groups excluding carboxylic acids is 3. The number of carboxylic acid groups (broad SMARTS) is 1. The van der Waals surface area contributed by atoms with Crippen molar-refractivity contribution in [2.45, 2.75) is 71.1 Å². The van der Waals surface area contributed by atoms with E-state index in [4.69, 9.17) is 4.74 Å². The Bertz CT molecular complexity index is 1270. The minimum atomic E-state index is -1.07. The monoisotopic (exact) mass is 578 g/mol. The van der Waals surface area contributed by atoms with Crippen molar-refractivity contribution in [2.75, 3.05) is 31.5 Å². The number of carboxylic acids is 1. The highest BCUT2D eigenvalue weighted by molar-refractivity contribution is 5.96. The third kappa shape index (κ3) is 8.71. The number of aliphatic carboxylic acids is 1. The second-order valence-electron chi connectivity index (χ2n) is 12.1. The summed E-state index contributed by atoms with van der Waals surface area (Å²) in [4.78, 5) is 53.8. The Labute approximate surface area is 247 Å². The number of hydrogen-bond acceptors (Lipinski definition) is 6. The van der Waals surface area contributed by atoms with Gasteiger partial charge in [-0.15, -0.1) is 0 Å². The predicted octanol–water partition coefficient (Wildman–Crippen LogP) is 4.29. The molecule has 1 fully saturated rings. The largest absolute Gasteiger partial charge is 0.481 e. The Kier molecular flexibility index (Phi) is 10.1. The van der Waals surface area contributed by atoms with Crippen LogP contribution in [0.3, 0.4) is 0 Å². The minimum Gasteiger partial charge on any atom is -0.481 e. The molecule has 3 N–H and O–H groups in total. The van der Waals surface area contributed by atoms with Crippen LogP contribution in [0.1, 0.15) is 67.9 Å². The van der Waals surface area contributed by atoms with Gasteiger partial charge in [-0.3, -0.25) is 14.4 Å². The molecule has 2 aliphatic rings. The zero-order valence-corrected chi connectivity index (χ0v) is 24.7. The van der Waals surface area contributed by atoms with Gasteiger partial charge in [0.05, 0.1) is 6.42 Å². The summed E-state index contributed by atoms with van der Waals surface area (Å²) in [5.41, 5.74) is 2.53. The summed E-state index contributed by atoms with van der Waals surface area (Å²) in [5.74, 6) is -1.01. The van der Waals surface area contributed by atoms with E-state index in [1.54, 1.807) is 17.0 Å². The molecule has 0 unspecified atom stereocenters. The van der Waals surface area contributed by atoms with Crippen molar-refractivity contribution in [3.05, 3.63) is 65.2 Å². The van der Waals surface area contributed by atoms with E-state index < -0.39 is 23.7 Å². The standard InChI is InChI=1S/C32H42N4O6/c1-32(2,3)42-31(41)33-15-11-23-12-16-35(17-13-23)29(39)24-9-10-25-21-36(18-14-22-7-5-4-6-8-22)30(40)27(20-28(37)38)34-26(25)19-24/h4-10,19,23,27,34H,11-18,20-21H2,1-3H3,(H,33,41)(H,37,38)/t27-/m1/s1. The van der Waals surface area contributed by atoms with Gasteiger partial charge in [-0.1, -0.05) is 36.4 Å². The zero-order chi connectivity index (χ0) is 30.3. The lowest BCUT2D eigenvalue weighted by molar-refractivity contribution is -0.141. The van der Waals surface area contributed by atoms with Gasteiger partial charge in [0.2, 0.25) is 5.91 Å². The molecule has 4 rings (SSSR count). The van der Waals surface area contributed by atoms with Gasteiger partial charge < -0.3 is 30.3 Å². The van der Waals surface area contributed by atoms with Crippen molar-refractivity contribution < 1.29 is 29.0 Å². The number of piperidine rings is 1. The minimum absolute atomic E-state index is 0.0868. The van der Waals surface area contributed by atoms with E-state index in [1.807, 2.05) is 62.1 Å². The van der Waals surface area contributed by atoms with E-state index in [1.165, 1.54) is 0 Å². The molecule has 1 atom stereocenters. The molecule has 2 aromatic carbocycles. The Hall–Kier alpha value is -4.08. The molecule has 1 saturated heterocycles. The van der Waals surface area contributed by atoms with Gasteiger partial charge in [-0.05, 0) is 75.6 Å². The average molecular weight is 579 g/mol. The molecule has 0 spiro atoms. The molecule has 2 aromatic rings. The maximum atomic E-state index is 13.4. The highest BCUT2D eigenvalue weighted by atomic mass is 16.6. The normalized spacial score (nSPS) is 17.6. The molecule has 226 valence electrons. The van der Waals surface area contributed by atoms with Gasteiger partial charge in [0, 0.05) is 44.0 Å². The van der Waals surface area contributed by atoms with Gasteiger partial charge in [0.25, 0.3) is 5.91 Å². The number of alkyl carbamates (subject to hydrolysis) is 1. The van der Waals surface area contributed by atoms with Gasteiger partial charge in [0.1, 0.15) is 11.6 Å². The molecule has 10 nitrogen and oxygen atoms in total. The molecule has 0 radical (unpaired) electrons. The number of carbonyl (C=O) groups is 4. The average Bonchev–Trinajstić information content (AvgIpc) is 3.06. The quantitative estimate of drug-likeness (QED) is 0.405. The van der Waals surface area contributed by atoms with Gasteiger partial charge in [-0.2, -0.15) is 0 Å². The third-order valence-corrected chi connectivity index (χ3v) is 7.67. The highest BCUT2D eigenvalue weighted by Gasteiger charge is 2.32. The number of rotatable bonds is 9. The molecule has 0 aromatic heterocycles. The molecule has 0 saturated carbocycles. The zero-order valence-electron chi connectivity index (χ0n) is 24.7. The summed E-state index contributed by atoms with van der Waals surface area (Å²) in [7, 11) is 0. The lowest BCUT2D eigenvalue weighted by Crippen LogP contribution is -2.42. The SMILES string of the molecule is CC(C)(C)OC(=O)NCCC1CCN(C(=O)c2ccc3c(c2)N[C@H](CC(=O)O)C(=O)N(CCc2ccccc2)C3)CC1. The van der Waals surface area contributed by atoms with E-state index >= 15 is 0 Å². The van der Waals surface area contributed by atoms with Crippen LogP contribution in [0.5, 0.6) is 0 Å². The predicted molar refractivity (Wildman–Crippen MR) is 159 cm³/mol. The van der Waals surface area contributed by atoms with Gasteiger partial charge in [-0.25, -0.2) is 4.79 Å². The number of anilines is 1. The van der Waals surface area contributed by atoms with Crippen LogP contribution in [0.15, 0.2) is 48.5 Å². The first-order chi connectivity index (χ1) is 20.0. The number of likely N-dealkylation sites (tertiary alicyclic amines) is 1.